The molecule has 2 rings (SSSR count). The quantitative estimate of drug-likeness (QED) is 0.590. The monoisotopic (exact) mass is 377 g/mol. The van der Waals surface area contributed by atoms with E-state index in [1.165, 1.54) is 0 Å². The van der Waals surface area contributed by atoms with Crippen molar-refractivity contribution in [3.63, 3.8) is 0 Å². The SMILES string of the molecule is CCOC(=O)c1c(C)[nH]c(C)c1C(=O)COC(=O)Cc1ccc(Cl)cc1. The third kappa shape index (κ3) is 4.73. The molecule has 0 aliphatic carbocycles. The van der Waals surface area contributed by atoms with Crippen molar-refractivity contribution < 1.29 is 23.9 Å². The van der Waals surface area contributed by atoms with Crippen LogP contribution in [0.4, 0.5) is 0 Å². The smallest absolute Gasteiger partial charge is 0.340 e. The van der Waals surface area contributed by atoms with Gasteiger partial charge in [-0.25, -0.2) is 4.79 Å². The molecule has 0 amide bonds. The van der Waals surface area contributed by atoms with Crippen LogP contribution >= 0.6 is 11.6 Å². The Kier molecular flexibility index (Phi) is 6.58. The van der Waals surface area contributed by atoms with Crippen LogP contribution in [0.2, 0.25) is 5.02 Å². The van der Waals surface area contributed by atoms with Gasteiger partial charge in [0.25, 0.3) is 0 Å². The Morgan fingerprint density at radius 2 is 1.62 bits per heavy atom. The number of esters is 2. The first kappa shape index (κ1) is 19.7. The molecule has 0 spiro atoms. The van der Waals surface area contributed by atoms with Crippen LogP contribution in [0.3, 0.4) is 0 Å². The second-order valence-electron chi connectivity index (χ2n) is 5.73. The minimum absolute atomic E-state index is 0.0281. The standard InChI is InChI=1S/C19H20ClNO5/c1-4-25-19(24)18-12(3)21-11(2)17(18)15(22)10-26-16(23)9-13-5-7-14(20)8-6-13/h5-8,21H,4,9-10H2,1-3H3. The lowest BCUT2D eigenvalue weighted by atomic mass is 10.1. The van der Waals surface area contributed by atoms with Gasteiger partial charge in [0, 0.05) is 16.4 Å². The first-order chi connectivity index (χ1) is 12.3. The van der Waals surface area contributed by atoms with E-state index in [1.807, 2.05) is 0 Å². The van der Waals surface area contributed by atoms with Gasteiger partial charge in [-0.15, -0.1) is 0 Å². The number of ketones is 1. The van der Waals surface area contributed by atoms with Crippen LogP contribution in [0, 0.1) is 13.8 Å². The lowest BCUT2D eigenvalue weighted by molar-refractivity contribution is -0.141. The second kappa shape index (κ2) is 8.67. The van der Waals surface area contributed by atoms with Gasteiger partial charge in [0.2, 0.25) is 5.78 Å². The fraction of sp³-hybridized carbons (Fsp3) is 0.316. The molecule has 1 aromatic carbocycles. The van der Waals surface area contributed by atoms with Crippen LogP contribution in [0.1, 0.15) is 44.6 Å². The number of nitrogens with one attached hydrogen (secondary N) is 1. The molecule has 0 fully saturated rings. The van der Waals surface area contributed by atoms with Gasteiger partial charge in [-0.05, 0) is 38.5 Å². The molecule has 1 heterocycles. The number of aromatic amines is 1. The van der Waals surface area contributed by atoms with Crippen molar-refractivity contribution in [3.8, 4) is 0 Å². The van der Waals surface area contributed by atoms with Crippen molar-refractivity contribution in [1.29, 1.82) is 0 Å². The molecule has 2 aromatic rings. The van der Waals surface area contributed by atoms with Crippen LogP contribution in [-0.2, 0) is 20.7 Å². The first-order valence-electron chi connectivity index (χ1n) is 8.13. The normalized spacial score (nSPS) is 10.5. The van der Waals surface area contributed by atoms with Crippen LogP contribution in [0.15, 0.2) is 24.3 Å². The summed E-state index contributed by atoms with van der Waals surface area (Å²) in [5, 5.41) is 0.571. The van der Waals surface area contributed by atoms with Crippen molar-refractivity contribution in [2.45, 2.75) is 27.2 Å². The number of aryl methyl sites for hydroxylation is 2. The van der Waals surface area contributed by atoms with Gasteiger partial charge in [0.1, 0.15) is 0 Å². The summed E-state index contributed by atoms with van der Waals surface area (Å²) in [7, 11) is 0. The maximum Gasteiger partial charge on any atom is 0.340 e. The zero-order valence-corrected chi connectivity index (χ0v) is 15.6. The number of ether oxygens (including phenoxy) is 2. The Balaban J connectivity index is 2.04. The van der Waals surface area contributed by atoms with Gasteiger partial charge in [-0.1, -0.05) is 23.7 Å². The number of carbonyl (C=O) groups excluding carboxylic acids is 3. The molecule has 0 aliphatic rings. The van der Waals surface area contributed by atoms with E-state index < -0.39 is 24.3 Å². The number of carbonyl (C=O) groups is 3. The van der Waals surface area contributed by atoms with E-state index in [0.717, 1.165) is 5.56 Å². The molecule has 0 unspecified atom stereocenters. The highest BCUT2D eigenvalue weighted by Crippen LogP contribution is 2.20. The largest absolute Gasteiger partial charge is 0.462 e. The highest BCUT2D eigenvalue weighted by molar-refractivity contribution is 6.30. The fourth-order valence-corrected chi connectivity index (χ4v) is 2.75. The third-order valence-corrected chi connectivity index (χ3v) is 4.01. The fourth-order valence-electron chi connectivity index (χ4n) is 2.63. The lowest BCUT2D eigenvalue weighted by Gasteiger charge is -2.07. The van der Waals surface area contributed by atoms with E-state index in [0.29, 0.717) is 16.4 Å². The van der Waals surface area contributed by atoms with Crippen molar-refractivity contribution in [2.75, 3.05) is 13.2 Å². The number of hydrogen-bond acceptors (Lipinski definition) is 5. The highest BCUT2D eigenvalue weighted by Gasteiger charge is 2.26. The molecule has 1 aromatic heterocycles. The van der Waals surface area contributed by atoms with E-state index in [1.54, 1.807) is 45.0 Å². The van der Waals surface area contributed by atoms with Crippen LogP contribution in [0.25, 0.3) is 0 Å². The molecule has 0 saturated carbocycles. The zero-order valence-electron chi connectivity index (χ0n) is 14.8. The maximum atomic E-state index is 12.5. The summed E-state index contributed by atoms with van der Waals surface area (Å²) in [6, 6.07) is 6.77. The first-order valence-corrected chi connectivity index (χ1v) is 8.50. The number of hydrogen-bond donors (Lipinski definition) is 1. The number of aromatic nitrogens is 1. The Morgan fingerprint density at radius 1 is 1.00 bits per heavy atom. The summed E-state index contributed by atoms with van der Waals surface area (Å²) in [5.74, 6) is -1.58. The summed E-state index contributed by atoms with van der Waals surface area (Å²) >= 11 is 5.80. The predicted octanol–water partition coefficient (Wildman–Crippen LogP) is 3.43. The molecule has 0 bridgehead atoms. The molecule has 0 atom stereocenters. The molecule has 6 nitrogen and oxygen atoms in total. The van der Waals surface area contributed by atoms with Gasteiger partial charge in [0.05, 0.1) is 24.2 Å². The number of Topliss-reactive ketones (excluding diaryl/α,β-unsaturated/α-hetero) is 1. The molecule has 0 saturated heterocycles. The molecular formula is C19H20ClNO5. The highest BCUT2D eigenvalue weighted by atomic mass is 35.5. The summed E-state index contributed by atoms with van der Waals surface area (Å²) in [6.07, 6.45) is 0.0281. The molecular weight excluding hydrogens is 358 g/mol. The van der Waals surface area contributed by atoms with Gasteiger partial charge in [-0.3, -0.25) is 9.59 Å². The van der Waals surface area contributed by atoms with Gasteiger partial charge < -0.3 is 14.5 Å². The van der Waals surface area contributed by atoms with E-state index >= 15 is 0 Å². The van der Waals surface area contributed by atoms with Gasteiger partial charge in [-0.2, -0.15) is 0 Å². The average molecular weight is 378 g/mol. The number of H-pyrrole nitrogens is 1. The second-order valence-corrected chi connectivity index (χ2v) is 6.17. The number of benzene rings is 1. The maximum absolute atomic E-state index is 12.5. The molecule has 7 heteroatoms. The zero-order chi connectivity index (χ0) is 19.3. The summed E-state index contributed by atoms with van der Waals surface area (Å²) in [5.41, 5.74) is 2.18. The van der Waals surface area contributed by atoms with Gasteiger partial charge in [0.15, 0.2) is 6.61 Å². The van der Waals surface area contributed by atoms with E-state index in [-0.39, 0.29) is 24.2 Å². The van der Waals surface area contributed by atoms with E-state index in [9.17, 15) is 14.4 Å². The molecule has 138 valence electrons. The number of rotatable bonds is 7. The topological polar surface area (TPSA) is 85.5 Å². The van der Waals surface area contributed by atoms with Crippen molar-refractivity contribution in [3.05, 3.63) is 57.4 Å². The minimum Gasteiger partial charge on any atom is -0.462 e. The van der Waals surface area contributed by atoms with Crippen LogP contribution in [-0.4, -0.2) is 35.9 Å². The predicted molar refractivity (Wildman–Crippen MR) is 96.7 cm³/mol. The Labute approximate surface area is 156 Å². The summed E-state index contributed by atoms with van der Waals surface area (Å²) < 4.78 is 10.1. The Bertz CT molecular complexity index is 823. The summed E-state index contributed by atoms with van der Waals surface area (Å²) in [4.78, 5) is 39.5. The van der Waals surface area contributed by atoms with Crippen LogP contribution < -0.4 is 0 Å². The molecule has 0 radical (unpaired) electrons. The third-order valence-electron chi connectivity index (χ3n) is 3.76. The molecule has 26 heavy (non-hydrogen) atoms. The van der Waals surface area contributed by atoms with Crippen LogP contribution in [0.5, 0.6) is 0 Å². The Morgan fingerprint density at radius 3 is 2.23 bits per heavy atom. The van der Waals surface area contributed by atoms with Crippen molar-refractivity contribution >= 4 is 29.3 Å². The van der Waals surface area contributed by atoms with Crippen molar-refractivity contribution in [1.82, 2.24) is 4.98 Å². The molecule has 0 aliphatic heterocycles. The van der Waals surface area contributed by atoms with Crippen molar-refractivity contribution in [2.24, 2.45) is 0 Å². The molecule has 1 N–H and O–H groups in total. The van der Waals surface area contributed by atoms with E-state index in [2.05, 4.69) is 4.98 Å². The number of halogens is 1. The van der Waals surface area contributed by atoms with Gasteiger partial charge >= 0.3 is 11.9 Å². The summed E-state index contributed by atoms with van der Waals surface area (Å²) in [6.45, 7) is 4.80. The Hall–Kier alpha value is -2.60. The minimum atomic E-state index is -0.579. The average Bonchev–Trinajstić information content (AvgIpc) is 2.89. The van der Waals surface area contributed by atoms with E-state index in [4.69, 9.17) is 21.1 Å². The lowest BCUT2D eigenvalue weighted by Crippen LogP contribution is -2.19.